The Kier molecular flexibility index (Phi) is 6.68. The highest BCUT2D eigenvalue weighted by Crippen LogP contribution is 2.15. The van der Waals surface area contributed by atoms with Gasteiger partial charge in [-0.15, -0.1) is 12.4 Å². The number of nitrogens with one attached hydrogen (secondary N) is 1. The quantitative estimate of drug-likeness (QED) is 0.873. The van der Waals surface area contributed by atoms with E-state index in [-0.39, 0.29) is 37.3 Å². The molecule has 17 heavy (non-hydrogen) atoms. The Balaban J connectivity index is 0.00000256. The summed E-state index contributed by atoms with van der Waals surface area (Å²) < 4.78 is 25.6. The summed E-state index contributed by atoms with van der Waals surface area (Å²) in [6.07, 6.45) is 0.216. The van der Waals surface area contributed by atoms with Crippen LogP contribution in [0.25, 0.3) is 0 Å². The molecular weight excluding hydrogens is 250 g/mol. The summed E-state index contributed by atoms with van der Waals surface area (Å²) in [5, 5.41) is 2.64. The molecule has 1 rings (SSSR count). The van der Waals surface area contributed by atoms with E-state index in [1.807, 2.05) is 0 Å². The topological polar surface area (TPSA) is 55.1 Å². The molecule has 0 spiro atoms. The van der Waals surface area contributed by atoms with Crippen LogP contribution in [-0.2, 0) is 4.79 Å². The van der Waals surface area contributed by atoms with E-state index in [2.05, 4.69) is 5.32 Å². The van der Waals surface area contributed by atoms with Crippen LogP contribution in [0.5, 0.6) is 0 Å². The molecule has 0 radical (unpaired) electrons. The molecule has 1 aromatic rings. The van der Waals surface area contributed by atoms with Gasteiger partial charge in [0.05, 0.1) is 6.04 Å². The van der Waals surface area contributed by atoms with E-state index in [1.54, 1.807) is 6.92 Å². The molecule has 0 aliphatic heterocycles. The lowest BCUT2D eigenvalue weighted by Crippen LogP contribution is -2.28. The molecule has 1 aromatic carbocycles. The Morgan fingerprint density at radius 2 is 2.06 bits per heavy atom. The van der Waals surface area contributed by atoms with Gasteiger partial charge in [-0.1, -0.05) is 6.07 Å². The van der Waals surface area contributed by atoms with Crippen molar-refractivity contribution in [3.8, 4) is 0 Å². The molecule has 6 heteroatoms. The van der Waals surface area contributed by atoms with Crippen molar-refractivity contribution in [2.24, 2.45) is 5.73 Å². The average molecular weight is 265 g/mol. The summed E-state index contributed by atoms with van der Waals surface area (Å²) in [4.78, 5) is 11.2. The molecule has 0 aliphatic carbocycles. The van der Waals surface area contributed by atoms with E-state index >= 15 is 0 Å². The molecule has 3 nitrogen and oxygen atoms in total. The summed E-state index contributed by atoms with van der Waals surface area (Å²) in [5.41, 5.74) is 5.74. The molecule has 0 fully saturated rings. The Morgan fingerprint density at radius 3 is 2.59 bits per heavy atom. The summed E-state index contributed by atoms with van der Waals surface area (Å²) in [7, 11) is 0. The van der Waals surface area contributed by atoms with Crippen LogP contribution in [0.15, 0.2) is 18.2 Å². The van der Waals surface area contributed by atoms with Crippen molar-refractivity contribution in [2.75, 3.05) is 6.54 Å². The van der Waals surface area contributed by atoms with Crippen molar-refractivity contribution in [1.29, 1.82) is 0 Å². The van der Waals surface area contributed by atoms with E-state index in [9.17, 15) is 13.6 Å². The minimum atomic E-state index is -0.919. The van der Waals surface area contributed by atoms with Gasteiger partial charge in [-0.05, 0) is 24.6 Å². The molecule has 1 unspecified atom stereocenters. The van der Waals surface area contributed by atoms with Crippen molar-refractivity contribution in [3.05, 3.63) is 35.4 Å². The van der Waals surface area contributed by atoms with E-state index in [1.165, 1.54) is 6.07 Å². The standard InChI is InChI=1S/C11H14F2N2O.ClH/c1-7(15-11(16)4-5-14)8-2-3-9(12)10(13)6-8;/h2-3,6-7H,4-5,14H2,1H3,(H,15,16);1H. The molecule has 0 aliphatic rings. The smallest absolute Gasteiger partial charge is 0.221 e. The third-order valence-electron chi connectivity index (χ3n) is 2.19. The molecule has 1 atom stereocenters. The molecule has 96 valence electrons. The van der Waals surface area contributed by atoms with Crippen LogP contribution in [0.4, 0.5) is 8.78 Å². The minimum Gasteiger partial charge on any atom is -0.350 e. The first-order valence-corrected chi connectivity index (χ1v) is 4.99. The van der Waals surface area contributed by atoms with E-state index < -0.39 is 11.6 Å². The van der Waals surface area contributed by atoms with Gasteiger partial charge in [0.1, 0.15) is 0 Å². The highest BCUT2D eigenvalue weighted by molar-refractivity contribution is 5.85. The fraction of sp³-hybridized carbons (Fsp3) is 0.364. The van der Waals surface area contributed by atoms with Crippen molar-refractivity contribution < 1.29 is 13.6 Å². The Morgan fingerprint density at radius 1 is 1.41 bits per heavy atom. The fourth-order valence-electron chi connectivity index (χ4n) is 1.31. The van der Waals surface area contributed by atoms with Crippen molar-refractivity contribution in [3.63, 3.8) is 0 Å². The second-order valence-electron chi connectivity index (χ2n) is 3.50. The number of carbonyl (C=O) groups excluding carboxylic acids is 1. The van der Waals surface area contributed by atoms with Crippen molar-refractivity contribution in [1.82, 2.24) is 5.32 Å². The second kappa shape index (κ2) is 7.19. The molecule has 0 saturated heterocycles. The first-order valence-electron chi connectivity index (χ1n) is 4.99. The molecule has 0 bridgehead atoms. The fourth-order valence-corrected chi connectivity index (χ4v) is 1.31. The lowest BCUT2D eigenvalue weighted by atomic mass is 10.1. The van der Waals surface area contributed by atoms with Crippen LogP contribution in [-0.4, -0.2) is 12.5 Å². The predicted molar refractivity (Wildman–Crippen MR) is 63.8 cm³/mol. The maximum absolute atomic E-state index is 12.9. The van der Waals surface area contributed by atoms with Gasteiger partial charge in [-0.3, -0.25) is 4.79 Å². The van der Waals surface area contributed by atoms with Gasteiger partial charge in [0.25, 0.3) is 0 Å². The van der Waals surface area contributed by atoms with Gasteiger partial charge in [-0.2, -0.15) is 0 Å². The number of amides is 1. The minimum absolute atomic E-state index is 0. The number of hydrogen-bond acceptors (Lipinski definition) is 2. The zero-order valence-electron chi connectivity index (χ0n) is 9.37. The SMILES string of the molecule is CC(NC(=O)CCN)c1ccc(F)c(F)c1.Cl. The Labute approximate surface area is 105 Å². The third kappa shape index (κ3) is 4.66. The number of hydrogen-bond donors (Lipinski definition) is 2. The van der Waals surface area contributed by atoms with Crippen LogP contribution in [0.3, 0.4) is 0 Å². The molecule has 0 aromatic heterocycles. The monoisotopic (exact) mass is 264 g/mol. The van der Waals surface area contributed by atoms with Crippen LogP contribution in [0, 0.1) is 11.6 Å². The van der Waals surface area contributed by atoms with Crippen LogP contribution >= 0.6 is 12.4 Å². The van der Waals surface area contributed by atoms with Crippen LogP contribution in [0.1, 0.15) is 24.9 Å². The first kappa shape index (κ1) is 15.8. The van der Waals surface area contributed by atoms with E-state index in [0.29, 0.717) is 5.56 Å². The van der Waals surface area contributed by atoms with E-state index in [4.69, 9.17) is 5.73 Å². The zero-order chi connectivity index (χ0) is 12.1. The summed E-state index contributed by atoms with van der Waals surface area (Å²) in [6.45, 7) is 1.96. The van der Waals surface area contributed by atoms with E-state index in [0.717, 1.165) is 12.1 Å². The maximum atomic E-state index is 12.9. The number of benzene rings is 1. The molecule has 1 amide bonds. The summed E-state index contributed by atoms with van der Waals surface area (Å²) in [6, 6.07) is 3.18. The van der Waals surface area contributed by atoms with Gasteiger partial charge in [0.2, 0.25) is 5.91 Å². The van der Waals surface area contributed by atoms with Gasteiger partial charge in [0, 0.05) is 13.0 Å². The van der Waals surface area contributed by atoms with Crippen LogP contribution < -0.4 is 11.1 Å². The van der Waals surface area contributed by atoms with Gasteiger partial charge in [0.15, 0.2) is 11.6 Å². The average Bonchev–Trinajstić information content (AvgIpc) is 2.22. The molecule has 3 N–H and O–H groups in total. The zero-order valence-corrected chi connectivity index (χ0v) is 10.2. The molecule has 0 saturated carbocycles. The molecule has 0 heterocycles. The third-order valence-corrected chi connectivity index (χ3v) is 2.19. The normalized spacial score (nSPS) is 11.5. The lowest BCUT2D eigenvalue weighted by Gasteiger charge is -2.14. The van der Waals surface area contributed by atoms with Crippen LogP contribution in [0.2, 0.25) is 0 Å². The highest BCUT2D eigenvalue weighted by atomic mass is 35.5. The van der Waals surface area contributed by atoms with Crippen molar-refractivity contribution in [2.45, 2.75) is 19.4 Å². The Hall–Kier alpha value is -1.20. The number of halogens is 3. The number of carbonyl (C=O) groups is 1. The first-order chi connectivity index (χ1) is 7.54. The van der Waals surface area contributed by atoms with Gasteiger partial charge >= 0.3 is 0 Å². The maximum Gasteiger partial charge on any atom is 0.221 e. The Bertz CT molecular complexity index is 388. The summed E-state index contributed by atoms with van der Waals surface area (Å²) in [5.74, 6) is -2.03. The predicted octanol–water partition coefficient (Wildman–Crippen LogP) is 1.91. The lowest BCUT2D eigenvalue weighted by molar-refractivity contribution is -0.121. The number of rotatable bonds is 4. The van der Waals surface area contributed by atoms with Gasteiger partial charge < -0.3 is 11.1 Å². The number of nitrogens with two attached hydrogens (primary N) is 1. The van der Waals surface area contributed by atoms with Gasteiger partial charge in [-0.25, -0.2) is 8.78 Å². The van der Waals surface area contributed by atoms with Crippen molar-refractivity contribution >= 4 is 18.3 Å². The highest BCUT2D eigenvalue weighted by Gasteiger charge is 2.11. The molecular formula is C11H15ClF2N2O. The largest absolute Gasteiger partial charge is 0.350 e. The summed E-state index contributed by atoms with van der Waals surface area (Å²) >= 11 is 0. The second-order valence-corrected chi connectivity index (χ2v) is 3.50.